The monoisotopic (exact) mass is 586 g/mol. The van der Waals surface area contributed by atoms with Gasteiger partial charge in [0.1, 0.15) is 17.7 Å². The molecule has 0 aromatic heterocycles. The Kier molecular flexibility index (Phi) is 10.3. The van der Waals surface area contributed by atoms with Crippen molar-refractivity contribution in [3.05, 3.63) is 102 Å². The molecule has 0 aliphatic carbocycles. The van der Waals surface area contributed by atoms with Gasteiger partial charge in [0.15, 0.2) is 12.2 Å². The first-order valence-corrected chi connectivity index (χ1v) is 14.2. The van der Waals surface area contributed by atoms with Gasteiger partial charge in [0.25, 0.3) is 11.8 Å². The fourth-order valence-corrected chi connectivity index (χ4v) is 4.41. The van der Waals surface area contributed by atoms with Crippen molar-refractivity contribution in [2.24, 2.45) is 5.73 Å². The lowest BCUT2D eigenvalue weighted by molar-refractivity contribution is -0.156. The minimum atomic E-state index is -1.02. The van der Waals surface area contributed by atoms with Crippen molar-refractivity contribution in [1.29, 1.82) is 0 Å². The molecule has 3 aromatic rings. The number of hydrogen-bond acceptors (Lipinski definition) is 7. The molecule has 4 atom stereocenters. The largest absolute Gasteiger partial charge is 0.459 e. The molecule has 5 N–H and O–H groups in total. The molecule has 0 saturated carbocycles. The van der Waals surface area contributed by atoms with E-state index in [2.05, 4.69) is 16.0 Å². The maximum Gasteiger partial charge on any atom is 0.328 e. The minimum Gasteiger partial charge on any atom is -0.459 e. The molecule has 3 amide bonds. The molecule has 4 rings (SSSR count). The van der Waals surface area contributed by atoms with Crippen molar-refractivity contribution >= 4 is 29.4 Å². The number of epoxide rings is 1. The maximum absolute atomic E-state index is 13.1. The van der Waals surface area contributed by atoms with Crippen LogP contribution in [0.1, 0.15) is 43.5 Å². The Bertz CT molecular complexity index is 1410. The average molecular weight is 587 g/mol. The SMILES string of the molecule is CC(C)(C)OC(=O)C(N)c1ccc(NC(=O)C2OC2C(=O)N[C@@H](Cc2ccccc2)C(=O)NCCc2ccccc2)cc1. The first-order chi connectivity index (χ1) is 20.5. The van der Waals surface area contributed by atoms with Crippen LogP contribution in [-0.2, 0) is 41.5 Å². The number of anilines is 1. The van der Waals surface area contributed by atoms with Crippen LogP contribution in [0.25, 0.3) is 0 Å². The van der Waals surface area contributed by atoms with Crippen molar-refractivity contribution in [3.8, 4) is 0 Å². The van der Waals surface area contributed by atoms with E-state index in [1.54, 1.807) is 45.0 Å². The Balaban J connectivity index is 1.30. The number of ether oxygens (including phenoxy) is 2. The van der Waals surface area contributed by atoms with E-state index < -0.39 is 47.7 Å². The fraction of sp³-hybridized carbons (Fsp3) is 0.333. The highest BCUT2D eigenvalue weighted by molar-refractivity contribution is 6.02. The molecule has 226 valence electrons. The Labute approximate surface area is 251 Å². The van der Waals surface area contributed by atoms with Gasteiger partial charge in [-0.05, 0) is 56.0 Å². The summed E-state index contributed by atoms with van der Waals surface area (Å²) < 4.78 is 10.7. The highest BCUT2D eigenvalue weighted by atomic mass is 16.6. The van der Waals surface area contributed by atoms with Crippen LogP contribution in [0, 0.1) is 0 Å². The van der Waals surface area contributed by atoms with Crippen LogP contribution in [0.3, 0.4) is 0 Å². The summed E-state index contributed by atoms with van der Waals surface area (Å²) in [6, 6.07) is 23.8. The molecule has 0 radical (unpaired) electrons. The number of nitrogens with two attached hydrogens (primary N) is 1. The van der Waals surface area contributed by atoms with E-state index in [1.165, 1.54) is 0 Å². The first kappa shape index (κ1) is 31.4. The van der Waals surface area contributed by atoms with Crippen LogP contribution >= 0.6 is 0 Å². The number of carbonyl (C=O) groups excluding carboxylic acids is 4. The van der Waals surface area contributed by atoms with Crippen molar-refractivity contribution in [1.82, 2.24) is 10.6 Å². The van der Waals surface area contributed by atoms with E-state index in [0.717, 1.165) is 11.1 Å². The summed E-state index contributed by atoms with van der Waals surface area (Å²) in [6.45, 7) is 5.69. The van der Waals surface area contributed by atoms with Crippen LogP contribution in [0.5, 0.6) is 0 Å². The van der Waals surface area contributed by atoms with Crippen molar-refractivity contribution in [3.63, 3.8) is 0 Å². The van der Waals surface area contributed by atoms with Crippen LogP contribution in [0.15, 0.2) is 84.9 Å². The number of esters is 1. The van der Waals surface area contributed by atoms with Gasteiger partial charge in [-0.1, -0.05) is 72.8 Å². The predicted octanol–water partition coefficient (Wildman–Crippen LogP) is 2.82. The van der Waals surface area contributed by atoms with E-state index in [1.807, 2.05) is 60.7 Å². The van der Waals surface area contributed by atoms with Gasteiger partial charge in [-0.2, -0.15) is 0 Å². The Hall–Kier alpha value is -4.54. The van der Waals surface area contributed by atoms with E-state index in [0.29, 0.717) is 24.2 Å². The van der Waals surface area contributed by atoms with Gasteiger partial charge in [-0.3, -0.25) is 14.4 Å². The van der Waals surface area contributed by atoms with Gasteiger partial charge in [0.05, 0.1) is 0 Å². The summed E-state index contributed by atoms with van der Waals surface area (Å²) in [5.74, 6) is -1.92. The second-order valence-electron chi connectivity index (χ2n) is 11.4. The summed E-state index contributed by atoms with van der Waals surface area (Å²) in [5, 5.41) is 8.36. The molecule has 1 aliphatic heterocycles. The average Bonchev–Trinajstić information content (AvgIpc) is 3.79. The zero-order valence-electron chi connectivity index (χ0n) is 24.5. The summed E-state index contributed by atoms with van der Waals surface area (Å²) in [4.78, 5) is 51.1. The Morgan fingerprint density at radius 2 is 1.42 bits per heavy atom. The highest BCUT2D eigenvalue weighted by Gasteiger charge is 2.51. The zero-order chi connectivity index (χ0) is 31.0. The highest BCUT2D eigenvalue weighted by Crippen LogP contribution is 2.25. The molecular weight excluding hydrogens is 548 g/mol. The van der Waals surface area contributed by atoms with E-state index in [-0.39, 0.29) is 12.3 Å². The molecule has 43 heavy (non-hydrogen) atoms. The number of rotatable bonds is 12. The molecule has 0 spiro atoms. The molecule has 10 nitrogen and oxygen atoms in total. The second kappa shape index (κ2) is 14.1. The maximum atomic E-state index is 13.1. The molecule has 10 heteroatoms. The van der Waals surface area contributed by atoms with Gasteiger partial charge in [0.2, 0.25) is 5.91 Å². The normalized spacial score (nSPS) is 17.2. The zero-order valence-corrected chi connectivity index (χ0v) is 24.5. The minimum absolute atomic E-state index is 0.283. The fourth-order valence-electron chi connectivity index (χ4n) is 4.41. The summed E-state index contributed by atoms with van der Waals surface area (Å²) >= 11 is 0. The molecule has 1 saturated heterocycles. The summed E-state index contributed by atoms with van der Waals surface area (Å²) in [7, 11) is 0. The number of carbonyl (C=O) groups is 4. The van der Waals surface area contributed by atoms with Gasteiger partial charge in [-0.15, -0.1) is 0 Å². The number of hydrogen-bond donors (Lipinski definition) is 4. The second-order valence-corrected chi connectivity index (χ2v) is 11.4. The molecule has 1 aliphatic rings. The third kappa shape index (κ3) is 9.49. The van der Waals surface area contributed by atoms with Crippen LogP contribution < -0.4 is 21.7 Å². The van der Waals surface area contributed by atoms with Crippen molar-refractivity contribution in [2.75, 3.05) is 11.9 Å². The van der Waals surface area contributed by atoms with Gasteiger partial charge in [-0.25, -0.2) is 4.79 Å². The third-order valence-corrected chi connectivity index (χ3v) is 6.68. The third-order valence-electron chi connectivity index (χ3n) is 6.68. The Morgan fingerprint density at radius 3 is 2.02 bits per heavy atom. The molecule has 1 heterocycles. The number of nitrogens with one attached hydrogen (secondary N) is 3. The van der Waals surface area contributed by atoms with E-state index in [4.69, 9.17) is 15.2 Å². The molecule has 3 unspecified atom stereocenters. The van der Waals surface area contributed by atoms with Crippen LogP contribution in [0.2, 0.25) is 0 Å². The lowest BCUT2D eigenvalue weighted by Crippen LogP contribution is -2.50. The van der Waals surface area contributed by atoms with Crippen LogP contribution in [-0.4, -0.2) is 54.1 Å². The quantitative estimate of drug-likeness (QED) is 0.188. The van der Waals surface area contributed by atoms with E-state index >= 15 is 0 Å². The Morgan fingerprint density at radius 1 is 0.837 bits per heavy atom. The lowest BCUT2D eigenvalue weighted by Gasteiger charge is -2.22. The standard InChI is InChI=1S/C33H38N4O6/c1-33(2,3)43-32(41)26(34)23-14-16-24(17-15-23)36-30(39)27-28(42-27)31(40)37-25(20-22-12-8-5-9-13-22)29(38)35-19-18-21-10-6-4-7-11-21/h4-17,25-28H,18-20,34H2,1-3H3,(H,35,38)(H,36,39)(H,37,40)/t25-,26?,27?,28?/m0/s1. The van der Waals surface area contributed by atoms with Crippen molar-refractivity contribution < 1.29 is 28.7 Å². The number of amides is 3. The van der Waals surface area contributed by atoms with Gasteiger partial charge < -0.3 is 31.2 Å². The van der Waals surface area contributed by atoms with E-state index in [9.17, 15) is 19.2 Å². The molecule has 1 fully saturated rings. The lowest BCUT2D eigenvalue weighted by atomic mass is 10.0. The molecule has 0 bridgehead atoms. The first-order valence-electron chi connectivity index (χ1n) is 14.2. The van der Waals surface area contributed by atoms with Gasteiger partial charge in [0, 0.05) is 18.7 Å². The number of benzene rings is 3. The van der Waals surface area contributed by atoms with Gasteiger partial charge >= 0.3 is 5.97 Å². The van der Waals surface area contributed by atoms with Crippen LogP contribution in [0.4, 0.5) is 5.69 Å². The topological polar surface area (TPSA) is 152 Å². The predicted molar refractivity (Wildman–Crippen MR) is 162 cm³/mol. The molecular formula is C33H38N4O6. The summed E-state index contributed by atoms with van der Waals surface area (Å²) in [6.07, 6.45) is -1.08. The smallest absolute Gasteiger partial charge is 0.328 e. The molecule has 3 aromatic carbocycles. The summed E-state index contributed by atoms with van der Waals surface area (Å²) in [5.41, 5.74) is 8.29. The van der Waals surface area contributed by atoms with Crippen molar-refractivity contribution in [2.45, 2.75) is 63.5 Å².